The highest BCUT2D eigenvalue weighted by Gasteiger charge is 2.71. The van der Waals surface area contributed by atoms with Crippen molar-refractivity contribution >= 4 is 35.0 Å². The summed E-state index contributed by atoms with van der Waals surface area (Å²) >= 11 is 6.32. The normalized spacial score (nSPS) is 28.8. The Morgan fingerprint density at radius 2 is 1.88 bits per heavy atom. The van der Waals surface area contributed by atoms with E-state index in [2.05, 4.69) is 10.6 Å². The molecule has 2 saturated heterocycles. The lowest BCUT2D eigenvalue weighted by molar-refractivity contribution is -0.143. The first kappa shape index (κ1) is 21.9. The number of amides is 3. The van der Waals surface area contributed by atoms with Crippen LogP contribution in [0.3, 0.4) is 0 Å². The number of carbonyl (C=O) groups excluding carboxylic acids is 3. The number of nitrogens with one attached hydrogen (secondary N) is 2. The number of likely N-dealkylation sites (tertiary alicyclic amines) is 1. The number of nitrogens with zero attached hydrogens (tertiary/aromatic N) is 1. The molecule has 0 aliphatic carbocycles. The molecule has 2 fully saturated rings. The molecule has 0 bridgehead atoms. The number of benzene rings is 2. The van der Waals surface area contributed by atoms with E-state index in [0.717, 1.165) is 11.1 Å². The third-order valence-corrected chi connectivity index (χ3v) is 7.25. The minimum Gasteiger partial charge on any atom is -0.497 e. The molecule has 3 amide bonds. The lowest BCUT2D eigenvalue weighted by Crippen LogP contribution is -2.54. The standard InChI is InChI=1S/C24H24ClN3O5/c1-11-8-14(25)9-16-19(11)26-23(32)24(16)18-17(20(27-24)12(2)29)21(30)28(22(18)31)10-13-4-6-15(33-3)7-5-13/h4-9,12,17-18,20,27,29H,10H2,1-3H3,(H,26,32)/t12-,17-,18-,20+,24+/m0/s1. The first-order valence-corrected chi connectivity index (χ1v) is 11.1. The molecule has 3 heterocycles. The van der Waals surface area contributed by atoms with E-state index in [0.29, 0.717) is 22.0 Å². The Hall–Kier alpha value is -2.94. The maximum absolute atomic E-state index is 13.7. The average molecular weight is 470 g/mol. The number of aliphatic hydroxyl groups excluding tert-OH is 1. The molecule has 0 aromatic heterocycles. The van der Waals surface area contributed by atoms with Crippen molar-refractivity contribution in [1.29, 1.82) is 0 Å². The summed E-state index contributed by atoms with van der Waals surface area (Å²) in [4.78, 5) is 41.8. The summed E-state index contributed by atoms with van der Waals surface area (Å²) in [5.74, 6) is -2.49. The average Bonchev–Trinajstić information content (AvgIpc) is 3.36. The van der Waals surface area contributed by atoms with Crippen molar-refractivity contribution in [3.8, 4) is 5.75 Å². The van der Waals surface area contributed by atoms with E-state index in [1.54, 1.807) is 50.4 Å². The molecule has 9 heteroatoms. The van der Waals surface area contributed by atoms with Crippen LogP contribution in [0.4, 0.5) is 5.69 Å². The van der Waals surface area contributed by atoms with Crippen LogP contribution in [0, 0.1) is 18.8 Å². The van der Waals surface area contributed by atoms with E-state index in [1.807, 2.05) is 6.92 Å². The number of anilines is 1. The first-order valence-electron chi connectivity index (χ1n) is 10.7. The van der Waals surface area contributed by atoms with Crippen LogP contribution in [-0.2, 0) is 26.5 Å². The Bertz CT molecular complexity index is 1180. The van der Waals surface area contributed by atoms with Crippen molar-refractivity contribution in [3.05, 3.63) is 58.1 Å². The van der Waals surface area contributed by atoms with Crippen LogP contribution in [0.5, 0.6) is 5.75 Å². The molecular formula is C24H24ClN3O5. The second-order valence-corrected chi connectivity index (χ2v) is 9.37. The fraction of sp³-hybridized carbons (Fsp3) is 0.375. The number of methoxy groups -OCH3 is 1. The molecule has 0 unspecified atom stereocenters. The van der Waals surface area contributed by atoms with Crippen LogP contribution in [-0.4, -0.2) is 47.0 Å². The minimum atomic E-state index is -1.49. The van der Waals surface area contributed by atoms with Crippen molar-refractivity contribution in [1.82, 2.24) is 10.2 Å². The van der Waals surface area contributed by atoms with Crippen LogP contribution in [0.2, 0.25) is 5.02 Å². The third-order valence-electron chi connectivity index (χ3n) is 7.03. The number of fused-ring (bicyclic) bond motifs is 4. The monoisotopic (exact) mass is 469 g/mol. The smallest absolute Gasteiger partial charge is 0.250 e. The lowest BCUT2D eigenvalue weighted by Gasteiger charge is -2.30. The predicted octanol–water partition coefficient (Wildman–Crippen LogP) is 1.96. The predicted molar refractivity (Wildman–Crippen MR) is 121 cm³/mol. The molecule has 3 aliphatic heterocycles. The Morgan fingerprint density at radius 1 is 1.18 bits per heavy atom. The van der Waals surface area contributed by atoms with Gasteiger partial charge in [0.05, 0.1) is 31.6 Å². The second kappa shape index (κ2) is 7.55. The fourth-order valence-corrected chi connectivity index (χ4v) is 5.78. The Kier molecular flexibility index (Phi) is 5.00. The number of rotatable bonds is 4. The molecule has 33 heavy (non-hydrogen) atoms. The Labute approximate surface area is 195 Å². The quantitative estimate of drug-likeness (QED) is 0.591. The van der Waals surface area contributed by atoms with Crippen molar-refractivity contribution in [3.63, 3.8) is 0 Å². The number of carbonyl (C=O) groups is 3. The Morgan fingerprint density at radius 3 is 2.52 bits per heavy atom. The fourth-order valence-electron chi connectivity index (χ4n) is 5.51. The highest BCUT2D eigenvalue weighted by atomic mass is 35.5. The molecule has 5 rings (SSSR count). The van der Waals surface area contributed by atoms with Gasteiger partial charge in [0.15, 0.2) is 0 Å². The van der Waals surface area contributed by atoms with Crippen LogP contribution < -0.4 is 15.4 Å². The molecule has 0 saturated carbocycles. The molecule has 2 aromatic rings. The van der Waals surface area contributed by atoms with E-state index in [9.17, 15) is 19.5 Å². The number of aliphatic hydroxyl groups is 1. The van der Waals surface area contributed by atoms with E-state index >= 15 is 0 Å². The van der Waals surface area contributed by atoms with Gasteiger partial charge in [0.1, 0.15) is 11.3 Å². The molecular weight excluding hydrogens is 446 g/mol. The van der Waals surface area contributed by atoms with Gasteiger partial charge < -0.3 is 15.2 Å². The number of halogens is 1. The van der Waals surface area contributed by atoms with Gasteiger partial charge in [0.25, 0.3) is 0 Å². The summed E-state index contributed by atoms with van der Waals surface area (Å²) in [7, 11) is 1.56. The van der Waals surface area contributed by atoms with Gasteiger partial charge in [-0.2, -0.15) is 0 Å². The zero-order valence-electron chi connectivity index (χ0n) is 18.4. The maximum Gasteiger partial charge on any atom is 0.250 e. The number of aryl methyl sites for hydroxylation is 1. The molecule has 3 aliphatic rings. The van der Waals surface area contributed by atoms with Gasteiger partial charge in [-0.05, 0) is 49.2 Å². The molecule has 1 spiro atoms. The SMILES string of the molecule is COc1ccc(CN2C(=O)[C@@H]3[C@@H]([C@H](C)O)N[C@@]4(C(=O)Nc5c(C)cc(Cl)cc54)[C@@H]3C2=O)cc1. The molecule has 8 nitrogen and oxygen atoms in total. The van der Waals surface area contributed by atoms with E-state index in [1.165, 1.54) is 4.90 Å². The summed E-state index contributed by atoms with van der Waals surface area (Å²) in [6.45, 7) is 3.44. The van der Waals surface area contributed by atoms with Gasteiger partial charge in [0, 0.05) is 22.3 Å². The lowest BCUT2D eigenvalue weighted by atomic mass is 9.76. The largest absolute Gasteiger partial charge is 0.497 e. The minimum absolute atomic E-state index is 0.0698. The highest BCUT2D eigenvalue weighted by Crippen LogP contribution is 2.54. The molecule has 172 valence electrons. The molecule has 0 radical (unpaired) electrons. The zero-order valence-corrected chi connectivity index (χ0v) is 19.1. The van der Waals surface area contributed by atoms with Gasteiger partial charge in [-0.15, -0.1) is 0 Å². The van der Waals surface area contributed by atoms with Crippen LogP contribution in [0.15, 0.2) is 36.4 Å². The van der Waals surface area contributed by atoms with E-state index in [-0.39, 0.29) is 6.54 Å². The van der Waals surface area contributed by atoms with Crippen molar-refractivity contribution in [2.24, 2.45) is 11.8 Å². The molecule has 2 aromatic carbocycles. The van der Waals surface area contributed by atoms with Crippen molar-refractivity contribution < 1.29 is 24.2 Å². The van der Waals surface area contributed by atoms with Gasteiger partial charge in [0.2, 0.25) is 17.7 Å². The summed E-state index contributed by atoms with van der Waals surface area (Å²) in [5.41, 5.74) is 1.13. The number of ether oxygens (including phenoxy) is 1. The number of imide groups is 1. The topological polar surface area (TPSA) is 108 Å². The molecule has 5 atom stereocenters. The third kappa shape index (κ3) is 3.01. The van der Waals surface area contributed by atoms with Gasteiger partial charge >= 0.3 is 0 Å². The zero-order chi connectivity index (χ0) is 23.7. The van der Waals surface area contributed by atoms with E-state index in [4.69, 9.17) is 16.3 Å². The van der Waals surface area contributed by atoms with Crippen molar-refractivity contribution in [2.45, 2.75) is 38.1 Å². The summed E-state index contributed by atoms with van der Waals surface area (Å²) in [5, 5.41) is 17.0. The van der Waals surface area contributed by atoms with Crippen LogP contribution in [0.1, 0.15) is 23.6 Å². The van der Waals surface area contributed by atoms with Crippen LogP contribution in [0.25, 0.3) is 0 Å². The number of hydrogen-bond acceptors (Lipinski definition) is 6. The second-order valence-electron chi connectivity index (χ2n) is 8.93. The Balaban J connectivity index is 1.60. The van der Waals surface area contributed by atoms with E-state index < -0.39 is 47.2 Å². The summed E-state index contributed by atoms with van der Waals surface area (Å²) < 4.78 is 5.17. The molecule has 3 N–H and O–H groups in total. The number of hydrogen-bond donors (Lipinski definition) is 3. The van der Waals surface area contributed by atoms with Gasteiger partial charge in [-0.25, -0.2) is 0 Å². The summed E-state index contributed by atoms with van der Waals surface area (Å²) in [6, 6.07) is 9.70. The van der Waals surface area contributed by atoms with Crippen molar-refractivity contribution in [2.75, 3.05) is 12.4 Å². The van der Waals surface area contributed by atoms with Gasteiger partial charge in [-0.3, -0.25) is 24.6 Å². The van der Waals surface area contributed by atoms with Gasteiger partial charge in [-0.1, -0.05) is 23.7 Å². The van der Waals surface area contributed by atoms with Crippen LogP contribution >= 0.6 is 11.6 Å². The summed E-state index contributed by atoms with van der Waals surface area (Å²) in [6.07, 6.45) is -0.966. The maximum atomic E-state index is 13.7. The first-order chi connectivity index (χ1) is 15.7. The highest BCUT2D eigenvalue weighted by molar-refractivity contribution is 6.31.